The number of benzene rings is 1. The Bertz CT molecular complexity index is 703. The van der Waals surface area contributed by atoms with Crippen molar-refractivity contribution in [2.45, 2.75) is 25.7 Å². The van der Waals surface area contributed by atoms with Crippen molar-refractivity contribution in [3.05, 3.63) is 23.8 Å². The molecule has 2 amide bonds. The van der Waals surface area contributed by atoms with E-state index in [1.807, 2.05) is 4.90 Å². The fourth-order valence-corrected chi connectivity index (χ4v) is 3.42. The molecule has 3 aliphatic rings. The summed E-state index contributed by atoms with van der Waals surface area (Å²) < 4.78 is 5.32. The predicted octanol–water partition coefficient (Wildman–Crippen LogP) is 1.85. The number of fused-ring (bicyclic) bond motifs is 1. The molecular weight excluding hydrogens is 308 g/mol. The first kappa shape index (κ1) is 15.2. The van der Waals surface area contributed by atoms with E-state index in [-0.39, 0.29) is 36.0 Å². The largest absolute Gasteiger partial charge is 0.482 e. The summed E-state index contributed by atoms with van der Waals surface area (Å²) >= 11 is 0. The highest BCUT2D eigenvalue weighted by atomic mass is 16.5. The summed E-state index contributed by atoms with van der Waals surface area (Å²) in [5.74, 6) is 0.897. The first-order valence-corrected chi connectivity index (χ1v) is 8.51. The molecule has 0 aromatic heterocycles. The minimum absolute atomic E-state index is 0.00771. The molecule has 0 unspecified atom stereocenters. The second-order valence-electron chi connectivity index (χ2n) is 6.79. The monoisotopic (exact) mass is 328 g/mol. The van der Waals surface area contributed by atoms with Crippen LogP contribution in [0, 0.1) is 11.8 Å². The number of amides is 2. The smallest absolute Gasteiger partial charge is 0.262 e. The molecule has 1 N–H and O–H groups in total. The van der Waals surface area contributed by atoms with Crippen molar-refractivity contribution < 1.29 is 19.1 Å². The van der Waals surface area contributed by atoms with E-state index in [0.717, 1.165) is 12.8 Å². The van der Waals surface area contributed by atoms with Gasteiger partial charge in [-0.25, -0.2) is 0 Å². The number of carbonyl (C=O) groups is 3. The van der Waals surface area contributed by atoms with Crippen LogP contribution < -0.4 is 10.1 Å². The molecule has 1 saturated carbocycles. The highest BCUT2D eigenvalue weighted by molar-refractivity contribution is 6.01. The highest BCUT2D eigenvalue weighted by Crippen LogP contribution is 2.34. The van der Waals surface area contributed by atoms with E-state index in [0.29, 0.717) is 42.9 Å². The summed E-state index contributed by atoms with van der Waals surface area (Å²) in [5.41, 5.74) is 1.14. The molecule has 2 heterocycles. The van der Waals surface area contributed by atoms with Gasteiger partial charge in [-0.05, 0) is 43.9 Å². The van der Waals surface area contributed by atoms with E-state index >= 15 is 0 Å². The van der Waals surface area contributed by atoms with Crippen LogP contribution in [0.25, 0.3) is 0 Å². The van der Waals surface area contributed by atoms with Crippen molar-refractivity contribution in [3.8, 4) is 5.75 Å². The number of ketones is 1. The zero-order valence-electron chi connectivity index (χ0n) is 13.4. The van der Waals surface area contributed by atoms with Crippen molar-refractivity contribution >= 4 is 23.3 Å². The van der Waals surface area contributed by atoms with E-state index in [4.69, 9.17) is 4.74 Å². The normalized spacial score (nSPS) is 20.8. The van der Waals surface area contributed by atoms with Crippen molar-refractivity contribution in [1.29, 1.82) is 0 Å². The van der Waals surface area contributed by atoms with Gasteiger partial charge in [0.1, 0.15) is 5.75 Å². The number of likely N-dealkylation sites (tertiary alicyclic amines) is 1. The predicted molar refractivity (Wildman–Crippen MR) is 86.9 cm³/mol. The van der Waals surface area contributed by atoms with Crippen LogP contribution in [0.15, 0.2) is 18.2 Å². The van der Waals surface area contributed by atoms with Crippen molar-refractivity contribution in [1.82, 2.24) is 4.90 Å². The summed E-state index contributed by atoms with van der Waals surface area (Å²) in [6, 6.07) is 5.17. The van der Waals surface area contributed by atoms with E-state index in [1.54, 1.807) is 18.2 Å². The SMILES string of the molecule is O=C1COc2ccc(C(=O)C3CCN(C(=O)C4CC4)CC3)cc2N1. The Labute approximate surface area is 140 Å². The first-order valence-electron chi connectivity index (χ1n) is 8.51. The number of Topliss-reactive ketones (excluding diaryl/α,β-unsaturated/α-hetero) is 1. The number of hydrogen-bond donors (Lipinski definition) is 1. The van der Waals surface area contributed by atoms with Gasteiger partial charge in [-0.15, -0.1) is 0 Å². The lowest BCUT2D eigenvalue weighted by atomic mass is 9.88. The molecule has 4 rings (SSSR count). The first-order chi connectivity index (χ1) is 11.6. The molecule has 0 atom stereocenters. The lowest BCUT2D eigenvalue weighted by Crippen LogP contribution is -2.41. The quantitative estimate of drug-likeness (QED) is 0.859. The second kappa shape index (κ2) is 5.92. The zero-order valence-corrected chi connectivity index (χ0v) is 13.4. The van der Waals surface area contributed by atoms with E-state index < -0.39 is 0 Å². The number of anilines is 1. The van der Waals surface area contributed by atoms with Crippen molar-refractivity contribution in [2.75, 3.05) is 25.0 Å². The molecule has 0 bridgehead atoms. The summed E-state index contributed by atoms with van der Waals surface area (Å²) in [4.78, 5) is 38.1. The highest BCUT2D eigenvalue weighted by Gasteiger charge is 2.36. The second-order valence-corrected chi connectivity index (χ2v) is 6.79. The molecule has 1 saturated heterocycles. The molecule has 1 aliphatic carbocycles. The summed E-state index contributed by atoms with van der Waals surface area (Å²) in [6.07, 6.45) is 3.44. The van der Waals surface area contributed by atoms with Gasteiger partial charge in [0, 0.05) is 30.5 Å². The van der Waals surface area contributed by atoms with Gasteiger partial charge in [0.2, 0.25) is 5.91 Å². The van der Waals surface area contributed by atoms with Crippen LogP contribution in [0.2, 0.25) is 0 Å². The third kappa shape index (κ3) is 2.88. The Morgan fingerprint density at radius 2 is 1.83 bits per heavy atom. The van der Waals surface area contributed by atoms with Crippen molar-refractivity contribution in [3.63, 3.8) is 0 Å². The molecule has 0 radical (unpaired) electrons. The maximum atomic E-state index is 12.7. The number of hydrogen-bond acceptors (Lipinski definition) is 4. The van der Waals surface area contributed by atoms with Crippen LogP contribution in [0.1, 0.15) is 36.0 Å². The molecule has 126 valence electrons. The third-order valence-electron chi connectivity index (χ3n) is 5.00. The molecule has 0 spiro atoms. The third-order valence-corrected chi connectivity index (χ3v) is 5.00. The van der Waals surface area contributed by atoms with Crippen LogP contribution >= 0.6 is 0 Å². The van der Waals surface area contributed by atoms with Crippen LogP contribution in [0.4, 0.5) is 5.69 Å². The van der Waals surface area contributed by atoms with E-state index in [1.165, 1.54) is 0 Å². The van der Waals surface area contributed by atoms with E-state index in [2.05, 4.69) is 5.32 Å². The number of nitrogens with one attached hydrogen (secondary N) is 1. The molecule has 6 nitrogen and oxygen atoms in total. The Morgan fingerprint density at radius 3 is 2.54 bits per heavy atom. The molecule has 6 heteroatoms. The number of nitrogens with zero attached hydrogens (tertiary/aromatic N) is 1. The maximum Gasteiger partial charge on any atom is 0.262 e. The minimum Gasteiger partial charge on any atom is -0.482 e. The average molecular weight is 328 g/mol. The van der Waals surface area contributed by atoms with Crippen molar-refractivity contribution in [2.24, 2.45) is 11.8 Å². The molecule has 2 aliphatic heterocycles. The summed E-state index contributed by atoms with van der Waals surface area (Å²) in [7, 11) is 0. The topological polar surface area (TPSA) is 75.7 Å². The molecule has 2 fully saturated rings. The minimum atomic E-state index is -0.209. The molecular formula is C18H20N2O4. The summed E-state index contributed by atoms with van der Waals surface area (Å²) in [5, 5.41) is 2.73. The van der Waals surface area contributed by atoms with Crippen LogP contribution in [0.3, 0.4) is 0 Å². The van der Waals surface area contributed by atoms with Gasteiger partial charge in [0.25, 0.3) is 5.91 Å². The van der Waals surface area contributed by atoms with Gasteiger partial charge >= 0.3 is 0 Å². The maximum absolute atomic E-state index is 12.7. The average Bonchev–Trinajstić information content (AvgIpc) is 3.45. The molecule has 1 aromatic carbocycles. The lowest BCUT2D eigenvalue weighted by molar-refractivity contribution is -0.133. The van der Waals surface area contributed by atoms with Gasteiger partial charge in [-0.2, -0.15) is 0 Å². The number of carbonyl (C=O) groups excluding carboxylic acids is 3. The molecule has 24 heavy (non-hydrogen) atoms. The standard InChI is InChI=1S/C18H20N2O4/c21-16-10-24-15-4-3-13(9-14(15)19-16)17(22)11-5-7-20(8-6-11)18(23)12-1-2-12/h3-4,9,11-12H,1-2,5-8,10H2,(H,19,21). The van der Waals surface area contributed by atoms with Gasteiger partial charge in [-0.1, -0.05) is 0 Å². The zero-order chi connectivity index (χ0) is 16.7. The fourth-order valence-electron chi connectivity index (χ4n) is 3.42. The van der Waals surface area contributed by atoms with Crippen LogP contribution in [-0.4, -0.2) is 42.2 Å². The number of rotatable bonds is 3. The Kier molecular flexibility index (Phi) is 3.75. The lowest BCUT2D eigenvalue weighted by Gasteiger charge is -2.31. The fraction of sp³-hybridized carbons (Fsp3) is 0.500. The summed E-state index contributed by atoms with van der Waals surface area (Å²) in [6.45, 7) is 1.33. The van der Waals surface area contributed by atoms with Gasteiger partial charge in [0.15, 0.2) is 12.4 Å². The van der Waals surface area contributed by atoms with Gasteiger partial charge in [-0.3, -0.25) is 14.4 Å². The van der Waals surface area contributed by atoms with Gasteiger partial charge in [0.05, 0.1) is 5.69 Å². The Hall–Kier alpha value is -2.37. The Balaban J connectivity index is 1.42. The van der Waals surface area contributed by atoms with Crippen LogP contribution in [-0.2, 0) is 9.59 Å². The van der Waals surface area contributed by atoms with E-state index in [9.17, 15) is 14.4 Å². The van der Waals surface area contributed by atoms with Gasteiger partial charge < -0.3 is 15.0 Å². The van der Waals surface area contributed by atoms with Crippen LogP contribution in [0.5, 0.6) is 5.75 Å². The Morgan fingerprint density at radius 1 is 1.08 bits per heavy atom. The number of piperidine rings is 1. The number of ether oxygens (including phenoxy) is 1. The molecule has 1 aromatic rings.